The summed E-state index contributed by atoms with van der Waals surface area (Å²) in [5, 5.41) is 7.94. The molecule has 154 valence electrons. The van der Waals surface area contributed by atoms with Crippen molar-refractivity contribution >= 4 is 11.5 Å². The quantitative estimate of drug-likeness (QED) is 0.563. The number of allylic oxidation sites excluding steroid dienone is 1. The van der Waals surface area contributed by atoms with Gasteiger partial charge in [-0.25, -0.2) is 0 Å². The maximum absolute atomic E-state index is 12.6. The molecule has 28 heavy (non-hydrogen) atoms. The summed E-state index contributed by atoms with van der Waals surface area (Å²) in [5.74, 6) is 2.96. The molecule has 0 aromatic rings. The second-order valence-electron chi connectivity index (χ2n) is 10.8. The summed E-state index contributed by atoms with van der Waals surface area (Å²) in [5.41, 5.74) is 2.99. The molecule has 4 saturated carbocycles. The first kappa shape index (κ1) is 18.8. The van der Waals surface area contributed by atoms with Crippen molar-refractivity contribution in [1.29, 1.82) is 0 Å². The number of rotatable bonds is 2. The molecule has 1 saturated heterocycles. The zero-order valence-electron chi connectivity index (χ0n) is 17.6. The van der Waals surface area contributed by atoms with Gasteiger partial charge in [-0.3, -0.25) is 4.79 Å². The smallest absolute Gasteiger partial charge is 0.141 e. The maximum atomic E-state index is 12.6. The number of oxime groups is 1. The number of Topliss-reactive ketones (excluding diaryl/α,β-unsaturated/α-hetero) is 1. The highest BCUT2D eigenvalue weighted by molar-refractivity contribution is 5.87. The van der Waals surface area contributed by atoms with Crippen LogP contribution >= 0.6 is 0 Å². The summed E-state index contributed by atoms with van der Waals surface area (Å²) in [4.78, 5) is 18.5. The zero-order valence-corrected chi connectivity index (χ0v) is 17.6. The van der Waals surface area contributed by atoms with Gasteiger partial charge in [-0.15, -0.1) is 0 Å². The van der Waals surface area contributed by atoms with Crippen LogP contribution in [0.5, 0.6) is 0 Å². The summed E-state index contributed by atoms with van der Waals surface area (Å²) >= 11 is 0. The SMILES string of the molecule is C=C1CC2CC(=NO[C@H]3CCNC3)CC[C@]2(C)[C@H]2CC[C@]3(C)C(=O)CC[C@H]3[C@H]12. The molecule has 4 aliphatic carbocycles. The molecule has 4 nitrogen and oxygen atoms in total. The van der Waals surface area contributed by atoms with Crippen molar-refractivity contribution in [3.8, 4) is 0 Å². The topological polar surface area (TPSA) is 50.7 Å². The van der Waals surface area contributed by atoms with Gasteiger partial charge in [-0.05, 0) is 80.6 Å². The molecule has 1 N–H and O–H groups in total. The fourth-order valence-corrected chi connectivity index (χ4v) is 7.66. The number of fused-ring (bicyclic) bond motifs is 5. The number of carbonyl (C=O) groups excluding carboxylic acids is 1. The fraction of sp³-hybridized carbons (Fsp3) is 0.833. The Balaban J connectivity index is 1.35. The van der Waals surface area contributed by atoms with Crippen LogP contribution in [0.15, 0.2) is 17.3 Å². The Bertz CT molecular complexity index is 709. The highest BCUT2D eigenvalue weighted by Gasteiger charge is 2.61. The van der Waals surface area contributed by atoms with E-state index in [1.54, 1.807) is 0 Å². The van der Waals surface area contributed by atoms with Gasteiger partial charge in [0.05, 0.1) is 5.71 Å². The average molecular weight is 385 g/mol. The van der Waals surface area contributed by atoms with Crippen molar-refractivity contribution < 1.29 is 9.63 Å². The molecule has 0 aromatic heterocycles. The van der Waals surface area contributed by atoms with Gasteiger partial charge in [-0.2, -0.15) is 0 Å². The summed E-state index contributed by atoms with van der Waals surface area (Å²) < 4.78 is 0. The predicted molar refractivity (Wildman–Crippen MR) is 111 cm³/mol. The first-order valence-corrected chi connectivity index (χ1v) is 11.5. The van der Waals surface area contributed by atoms with Crippen LogP contribution in [-0.4, -0.2) is 30.7 Å². The van der Waals surface area contributed by atoms with Gasteiger partial charge in [-0.1, -0.05) is 31.2 Å². The lowest BCUT2D eigenvalue weighted by molar-refractivity contribution is -0.133. The number of hydrogen-bond donors (Lipinski definition) is 1. The first-order chi connectivity index (χ1) is 13.4. The third-order valence-electron chi connectivity index (χ3n) is 9.52. The molecule has 5 aliphatic rings. The Hall–Kier alpha value is -1.16. The zero-order chi connectivity index (χ0) is 19.5. The minimum atomic E-state index is -0.0717. The van der Waals surface area contributed by atoms with Crippen LogP contribution in [0.4, 0.5) is 0 Å². The summed E-state index contributed by atoms with van der Waals surface area (Å²) in [6, 6.07) is 0. The summed E-state index contributed by atoms with van der Waals surface area (Å²) in [6.07, 6.45) is 9.96. The van der Waals surface area contributed by atoms with Crippen LogP contribution in [-0.2, 0) is 9.63 Å². The van der Waals surface area contributed by atoms with Crippen molar-refractivity contribution in [2.75, 3.05) is 13.1 Å². The van der Waals surface area contributed by atoms with E-state index >= 15 is 0 Å². The molecule has 1 unspecified atom stereocenters. The molecule has 4 heteroatoms. The number of ketones is 1. The summed E-state index contributed by atoms with van der Waals surface area (Å²) in [7, 11) is 0. The van der Waals surface area contributed by atoms with Crippen molar-refractivity contribution in [2.45, 2.75) is 77.7 Å². The largest absolute Gasteiger partial charge is 0.391 e. The normalized spacial score (nSPS) is 49.6. The minimum Gasteiger partial charge on any atom is -0.391 e. The average Bonchev–Trinajstić information content (AvgIpc) is 3.29. The van der Waals surface area contributed by atoms with Gasteiger partial charge in [0.15, 0.2) is 0 Å². The third kappa shape index (κ3) is 2.74. The Morgan fingerprint density at radius 3 is 2.75 bits per heavy atom. The highest BCUT2D eigenvalue weighted by Crippen LogP contribution is 2.66. The van der Waals surface area contributed by atoms with E-state index in [9.17, 15) is 4.79 Å². The fourth-order valence-electron chi connectivity index (χ4n) is 7.66. The van der Waals surface area contributed by atoms with Crippen LogP contribution in [0.2, 0.25) is 0 Å². The second kappa shape index (κ2) is 6.68. The molecule has 0 amide bonds. The van der Waals surface area contributed by atoms with Crippen LogP contribution in [0.25, 0.3) is 0 Å². The molecule has 1 heterocycles. The molecule has 1 aliphatic heterocycles. The van der Waals surface area contributed by atoms with E-state index in [2.05, 4.69) is 30.9 Å². The number of hydrogen-bond acceptors (Lipinski definition) is 4. The van der Waals surface area contributed by atoms with E-state index < -0.39 is 0 Å². The van der Waals surface area contributed by atoms with Crippen LogP contribution in [0.3, 0.4) is 0 Å². The van der Waals surface area contributed by atoms with E-state index in [1.807, 2.05) is 0 Å². The van der Waals surface area contributed by atoms with E-state index in [-0.39, 0.29) is 11.5 Å². The van der Waals surface area contributed by atoms with Crippen LogP contribution in [0.1, 0.15) is 71.6 Å². The first-order valence-electron chi connectivity index (χ1n) is 11.5. The third-order valence-corrected chi connectivity index (χ3v) is 9.52. The molecular weight excluding hydrogens is 348 g/mol. The highest BCUT2D eigenvalue weighted by atomic mass is 16.6. The lowest BCUT2D eigenvalue weighted by Gasteiger charge is -2.60. The van der Waals surface area contributed by atoms with E-state index in [0.29, 0.717) is 34.9 Å². The van der Waals surface area contributed by atoms with E-state index in [1.165, 1.54) is 24.1 Å². The molecule has 0 aromatic carbocycles. The Morgan fingerprint density at radius 2 is 1.96 bits per heavy atom. The minimum absolute atomic E-state index is 0.0717. The number of nitrogens with one attached hydrogen (secondary N) is 1. The number of nitrogens with zero attached hydrogens (tertiary/aromatic N) is 1. The molecule has 7 atom stereocenters. The van der Waals surface area contributed by atoms with Crippen molar-refractivity contribution in [2.24, 2.45) is 39.7 Å². The predicted octanol–water partition coefficient (Wildman–Crippen LogP) is 4.50. The lowest BCUT2D eigenvalue weighted by atomic mass is 9.44. The van der Waals surface area contributed by atoms with Crippen molar-refractivity contribution in [3.63, 3.8) is 0 Å². The maximum Gasteiger partial charge on any atom is 0.141 e. The van der Waals surface area contributed by atoms with Crippen LogP contribution < -0.4 is 5.32 Å². The van der Waals surface area contributed by atoms with Gasteiger partial charge < -0.3 is 10.2 Å². The Kier molecular flexibility index (Phi) is 4.50. The molecular formula is C24H36N2O2. The van der Waals surface area contributed by atoms with Crippen molar-refractivity contribution in [3.05, 3.63) is 12.2 Å². The molecule has 0 bridgehead atoms. The van der Waals surface area contributed by atoms with E-state index in [0.717, 1.165) is 58.0 Å². The standard InChI is InChI=1S/C24H36N2O2/c1-15-12-16-13-17(26-28-18-8-11-25-14-18)6-9-23(16,2)20-7-10-24(3)19(22(15)20)4-5-21(24)27/h16,18-20,22,25H,1,4-14H2,2-3H3/t16?,18-,19-,20-,22-,23-,24-/m0/s1. The monoisotopic (exact) mass is 384 g/mol. The Morgan fingerprint density at radius 1 is 1.11 bits per heavy atom. The van der Waals surface area contributed by atoms with Crippen LogP contribution in [0, 0.1) is 34.5 Å². The van der Waals surface area contributed by atoms with Gasteiger partial charge in [0.2, 0.25) is 0 Å². The van der Waals surface area contributed by atoms with Gasteiger partial charge in [0, 0.05) is 24.8 Å². The van der Waals surface area contributed by atoms with Gasteiger partial charge in [0.25, 0.3) is 0 Å². The van der Waals surface area contributed by atoms with Gasteiger partial charge >= 0.3 is 0 Å². The molecule has 5 fully saturated rings. The van der Waals surface area contributed by atoms with Gasteiger partial charge in [0.1, 0.15) is 11.9 Å². The molecule has 0 spiro atoms. The second-order valence-corrected chi connectivity index (χ2v) is 10.8. The summed E-state index contributed by atoms with van der Waals surface area (Å²) in [6.45, 7) is 11.3. The lowest BCUT2D eigenvalue weighted by Crippen LogP contribution is -2.54. The van der Waals surface area contributed by atoms with Crippen molar-refractivity contribution in [1.82, 2.24) is 5.32 Å². The Labute approximate surface area is 169 Å². The molecule has 5 rings (SSSR count). The molecule has 0 radical (unpaired) electrons. The van der Waals surface area contributed by atoms with E-state index in [4.69, 9.17) is 4.84 Å². The number of carbonyl (C=O) groups is 1.